The molecule has 3 heteroatoms. The first-order valence-corrected chi connectivity index (χ1v) is 6.26. The normalized spacial score (nSPS) is 13.8. The van der Waals surface area contributed by atoms with Crippen LogP contribution in [0.25, 0.3) is 10.9 Å². The van der Waals surface area contributed by atoms with E-state index in [0.717, 1.165) is 16.6 Å². The number of para-hydroxylation sites is 1. The van der Waals surface area contributed by atoms with E-state index in [1.165, 1.54) is 0 Å². The van der Waals surface area contributed by atoms with Crippen LogP contribution in [-0.2, 0) is 0 Å². The lowest BCUT2D eigenvalue weighted by atomic mass is 9.79. The molecule has 1 aromatic heterocycles. The zero-order valence-electron chi connectivity index (χ0n) is 11.5. The second-order valence-corrected chi connectivity index (χ2v) is 5.93. The predicted octanol–water partition coefficient (Wildman–Crippen LogP) is 3.55. The van der Waals surface area contributed by atoms with Crippen LogP contribution in [0, 0.1) is 5.41 Å². The highest BCUT2D eigenvalue weighted by molar-refractivity contribution is 5.96. The third-order valence-electron chi connectivity index (χ3n) is 3.71. The SMILES string of the molecule is C[C@@H](c1nc2ccccc2c(N)c1N)C(C)(C)C. The first-order chi connectivity index (χ1) is 8.32. The number of rotatable bonds is 1. The van der Waals surface area contributed by atoms with E-state index in [9.17, 15) is 0 Å². The fourth-order valence-electron chi connectivity index (χ4n) is 2.01. The summed E-state index contributed by atoms with van der Waals surface area (Å²) in [6.45, 7) is 8.70. The summed E-state index contributed by atoms with van der Waals surface area (Å²) < 4.78 is 0. The van der Waals surface area contributed by atoms with Gasteiger partial charge < -0.3 is 11.5 Å². The maximum atomic E-state index is 6.16. The molecule has 0 saturated carbocycles. The van der Waals surface area contributed by atoms with E-state index in [1.54, 1.807) is 0 Å². The monoisotopic (exact) mass is 243 g/mol. The number of anilines is 2. The molecule has 0 aliphatic carbocycles. The number of nitrogens with two attached hydrogens (primary N) is 2. The topological polar surface area (TPSA) is 64.9 Å². The Kier molecular flexibility index (Phi) is 2.93. The molecule has 1 heterocycles. The second-order valence-electron chi connectivity index (χ2n) is 5.93. The van der Waals surface area contributed by atoms with E-state index in [1.807, 2.05) is 24.3 Å². The fraction of sp³-hybridized carbons (Fsp3) is 0.400. The van der Waals surface area contributed by atoms with Crippen LogP contribution >= 0.6 is 0 Å². The van der Waals surface area contributed by atoms with Gasteiger partial charge in [0.15, 0.2) is 0 Å². The molecule has 18 heavy (non-hydrogen) atoms. The summed E-state index contributed by atoms with van der Waals surface area (Å²) in [7, 11) is 0. The van der Waals surface area contributed by atoms with Gasteiger partial charge in [0, 0.05) is 11.3 Å². The first kappa shape index (κ1) is 12.7. The van der Waals surface area contributed by atoms with Gasteiger partial charge in [-0.05, 0) is 11.5 Å². The van der Waals surface area contributed by atoms with Crippen LogP contribution < -0.4 is 11.5 Å². The van der Waals surface area contributed by atoms with Crippen molar-refractivity contribution in [2.24, 2.45) is 5.41 Å². The van der Waals surface area contributed by atoms with Gasteiger partial charge >= 0.3 is 0 Å². The molecule has 0 bridgehead atoms. The largest absolute Gasteiger partial charge is 0.396 e. The van der Waals surface area contributed by atoms with Crippen molar-refractivity contribution in [2.75, 3.05) is 11.5 Å². The van der Waals surface area contributed by atoms with Crippen molar-refractivity contribution in [1.29, 1.82) is 0 Å². The van der Waals surface area contributed by atoms with Gasteiger partial charge in [-0.2, -0.15) is 0 Å². The van der Waals surface area contributed by atoms with Crippen LogP contribution in [0.15, 0.2) is 24.3 Å². The standard InChI is InChI=1S/C15H21N3/c1-9(15(2,3)4)14-13(17)12(16)10-7-5-6-8-11(10)18-14/h5-9H,17H2,1-4H3,(H2,16,18)/t9-/m0/s1. The lowest BCUT2D eigenvalue weighted by Crippen LogP contribution is -2.19. The molecule has 2 rings (SSSR count). The number of hydrogen-bond donors (Lipinski definition) is 2. The Hall–Kier alpha value is -1.77. The minimum Gasteiger partial charge on any atom is -0.396 e. The van der Waals surface area contributed by atoms with E-state index in [0.29, 0.717) is 11.4 Å². The zero-order valence-corrected chi connectivity index (χ0v) is 11.5. The van der Waals surface area contributed by atoms with Crippen LogP contribution in [0.5, 0.6) is 0 Å². The number of nitrogens with zero attached hydrogens (tertiary/aromatic N) is 1. The van der Waals surface area contributed by atoms with E-state index in [2.05, 4.69) is 27.7 Å². The Morgan fingerprint density at radius 2 is 1.67 bits per heavy atom. The van der Waals surface area contributed by atoms with Gasteiger partial charge in [0.05, 0.1) is 22.6 Å². The Morgan fingerprint density at radius 3 is 2.28 bits per heavy atom. The van der Waals surface area contributed by atoms with Gasteiger partial charge in [0.25, 0.3) is 0 Å². The summed E-state index contributed by atoms with van der Waals surface area (Å²) >= 11 is 0. The smallest absolute Gasteiger partial charge is 0.0776 e. The highest BCUT2D eigenvalue weighted by atomic mass is 14.8. The van der Waals surface area contributed by atoms with Crippen LogP contribution in [0.1, 0.15) is 39.3 Å². The minimum absolute atomic E-state index is 0.107. The van der Waals surface area contributed by atoms with E-state index in [4.69, 9.17) is 16.5 Å². The van der Waals surface area contributed by atoms with Crippen molar-refractivity contribution in [1.82, 2.24) is 4.98 Å². The average molecular weight is 243 g/mol. The third kappa shape index (κ3) is 2.01. The number of hydrogen-bond acceptors (Lipinski definition) is 3. The molecule has 0 amide bonds. The summed E-state index contributed by atoms with van der Waals surface area (Å²) in [5, 5.41) is 0.930. The molecule has 0 saturated heterocycles. The molecular formula is C15H21N3. The Morgan fingerprint density at radius 1 is 1.06 bits per heavy atom. The van der Waals surface area contributed by atoms with Crippen LogP contribution in [0.3, 0.4) is 0 Å². The highest BCUT2D eigenvalue weighted by Crippen LogP contribution is 2.39. The quantitative estimate of drug-likeness (QED) is 0.805. The molecule has 1 atom stereocenters. The van der Waals surface area contributed by atoms with Crippen LogP contribution in [0.2, 0.25) is 0 Å². The van der Waals surface area contributed by atoms with Gasteiger partial charge in [-0.15, -0.1) is 0 Å². The van der Waals surface area contributed by atoms with Crippen molar-refractivity contribution in [3.05, 3.63) is 30.0 Å². The number of nitrogen functional groups attached to an aromatic ring is 2. The number of pyridine rings is 1. The molecule has 1 aromatic carbocycles. The van der Waals surface area contributed by atoms with E-state index < -0.39 is 0 Å². The van der Waals surface area contributed by atoms with Gasteiger partial charge in [0.1, 0.15) is 0 Å². The van der Waals surface area contributed by atoms with Crippen molar-refractivity contribution in [3.63, 3.8) is 0 Å². The number of aromatic nitrogens is 1. The molecule has 0 unspecified atom stereocenters. The average Bonchev–Trinajstić information content (AvgIpc) is 2.32. The van der Waals surface area contributed by atoms with Gasteiger partial charge in [-0.25, -0.2) is 0 Å². The first-order valence-electron chi connectivity index (χ1n) is 6.26. The van der Waals surface area contributed by atoms with Crippen LogP contribution in [0.4, 0.5) is 11.4 Å². The van der Waals surface area contributed by atoms with Crippen molar-refractivity contribution in [2.45, 2.75) is 33.6 Å². The van der Waals surface area contributed by atoms with Gasteiger partial charge in [-0.3, -0.25) is 4.98 Å². The maximum absolute atomic E-state index is 6.16. The summed E-state index contributed by atoms with van der Waals surface area (Å²) in [6.07, 6.45) is 0. The van der Waals surface area contributed by atoms with Gasteiger partial charge in [-0.1, -0.05) is 45.9 Å². The summed E-state index contributed by atoms with van der Waals surface area (Å²) in [4.78, 5) is 4.70. The molecule has 2 aromatic rings. The van der Waals surface area contributed by atoms with Crippen molar-refractivity contribution < 1.29 is 0 Å². The van der Waals surface area contributed by atoms with E-state index in [-0.39, 0.29) is 11.3 Å². The summed E-state index contributed by atoms with van der Waals surface area (Å²) in [5.74, 6) is 0.254. The molecular weight excluding hydrogens is 222 g/mol. The Labute approximate surface area is 108 Å². The molecule has 0 aliphatic heterocycles. The van der Waals surface area contributed by atoms with Gasteiger partial charge in [0.2, 0.25) is 0 Å². The molecule has 4 N–H and O–H groups in total. The minimum atomic E-state index is 0.107. The Bertz CT molecular complexity index is 582. The Balaban J connectivity index is 2.70. The maximum Gasteiger partial charge on any atom is 0.0776 e. The lowest BCUT2D eigenvalue weighted by molar-refractivity contribution is 0.335. The molecule has 0 fully saturated rings. The number of fused-ring (bicyclic) bond motifs is 1. The molecule has 96 valence electrons. The summed E-state index contributed by atoms with van der Waals surface area (Å²) in [6, 6.07) is 7.85. The van der Waals surface area contributed by atoms with Crippen molar-refractivity contribution >= 4 is 22.3 Å². The molecule has 3 nitrogen and oxygen atoms in total. The second kappa shape index (κ2) is 4.16. The predicted molar refractivity (Wildman–Crippen MR) is 78.4 cm³/mol. The van der Waals surface area contributed by atoms with Crippen molar-refractivity contribution in [3.8, 4) is 0 Å². The highest BCUT2D eigenvalue weighted by Gasteiger charge is 2.26. The zero-order chi connectivity index (χ0) is 13.5. The van der Waals surface area contributed by atoms with E-state index >= 15 is 0 Å². The molecule has 0 spiro atoms. The number of benzene rings is 1. The fourth-order valence-corrected chi connectivity index (χ4v) is 2.01. The lowest BCUT2D eigenvalue weighted by Gasteiger charge is -2.28. The van der Waals surface area contributed by atoms with Crippen LogP contribution in [-0.4, -0.2) is 4.98 Å². The molecule has 0 aliphatic rings. The molecule has 0 radical (unpaired) electrons. The summed E-state index contributed by atoms with van der Waals surface area (Å²) in [5.41, 5.74) is 15.5. The third-order valence-corrected chi connectivity index (χ3v) is 3.71.